The van der Waals surface area contributed by atoms with E-state index >= 15 is 0 Å². The van der Waals surface area contributed by atoms with E-state index in [0.29, 0.717) is 27.8 Å². The molecular formula is C32H37Cl2N3O6S. The van der Waals surface area contributed by atoms with E-state index in [1.807, 2.05) is 6.92 Å². The van der Waals surface area contributed by atoms with E-state index in [1.165, 1.54) is 37.3 Å². The molecule has 0 bridgehead atoms. The number of methoxy groups -OCH3 is 2. The molecule has 236 valence electrons. The molecule has 9 nitrogen and oxygen atoms in total. The summed E-state index contributed by atoms with van der Waals surface area (Å²) in [5.41, 5.74) is 0.757. The molecule has 0 heterocycles. The zero-order chi connectivity index (χ0) is 31.9. The van der Waals surface area contributed by atoms with E-state index < -0.39 is 28.5 Å². The third kappa shape index (κ3) is 7.78. The Kier molecular flexibility index (Phi) is 11.4. The molecule has 12 heteroatoms. The van der Waals surface area contributed by atoms with Gasteiger partial charge in [-0.3, -0.25) is 13.9 Å². The van der Waals surface area contributed by atoms with Gasteiger partial charge in [-0.25, -0.2) is 8.42 Å². The second-order valence-electron chi connectivity index (χ2n) is 10.5. The molecule has 0 spiro atoms. The van der Waals surface area contributed by atoms with Crippen molar-refractivity contribution in [2.75, 3.05) is 25.1 Å². The molecule has 0 aliphatic heterocycles. The Bertz CT molecular complexity index is 1570. The van der Waals surface area contributed by atoms with Crippen molar-refractivity contribution in [1.29, 1.82) is 0 Å². The smallest absolute Gasteiger partial charge is 0.264 e. The summed E-state index contributed by atoms with van der Waals surface area (Å²) in [6.07, 6.45) is 4.12. The number of hydrogen-bond acceptors (Lipinski definition) is 6. The average Bonchev–Trinajstić information content (AvgIpc) is 3.53. The summed E-state index contributed by atoms with van der Waals surface area (Å²) in [6.45, 7) is 1.19. The monoisotopic (exact) mass is 661 g/mol. The number of halogens is 2. The van der Waals surface area contributed by atoms with Gasteiger partial charge in [0.05, 0.1) is 24.8 Å². The summed E-state index contributed by atoms with van der Waals surface area (Å²) in [6, 6.07) is 16.5. The Morgan fingerprint density at radius 3 is 2.25 bits per heavy atom. The molecule has 4 rings (SSSR count). The highest BCUT2D eigenvalue weighted by atomic mass is 35.5. The SMILES string of the molecule is CC[C@H](C(=O)NC1CCCC1)N(Cc1ccc(Cl)cc1Cl)C(=O)CN(c1ccc(OC)c(OC)c1)S(=O)(=O)c1ccccc1. The average molecular weight is 663 g/mol. The molecule has 1 aliphatic rings. The van der Waals surface area contributed by atoms with Gasteiger partial charge in [-0.2, -0.15) is 0 Å². The minimum absolute atomic E-state index is 0.000832. The van der Waals surface area contributed by atoms with Crippen molar-refractivity contribution in [2.45, 2.75) is 62.6 Å². The summed E-state index contributed by atoms with van der Waals surface area (Å²) in [4.78, 5) is 29.3. The molecule has 44 heavy (non-hydrogen) atoms. The highest BCUT2D eigenvalue weighted by molar-refractivity contribution is 7.92. The van der Waals surface area contributed by atoms with Crippen molar-refractivity contribution in [1.82, 2.24) is 10.2 Å². The van der Waals surface area contributed by atoms with Crippen LogP contribution < -0.4 is 19.1 Å². The minimum Gasteiger partial charge on any atom is -0.493 e. The first kappa shape index (κ1) is 33.4. The Hall–Kier alpha value is -3.47. The van der Waals surface area contributed by atoms with E-state index in [0.717, 1.165) is 30.0 Å². The second kappa shape index (κ2) is 15.0. The van der Waals surface area contributed by atoms with Crippen molar-refractivity contribution in [3.63, 3.8) is 0 Å². The van der Waals surface area contributed by atoms with Crippen LogP contribution in [0, 0.1) is 0 Å². The summed E-state index contributed by atoms with van der Waals surface area (Å²) in [7, 11) is -1.33. The van der Waals surface area contributed by atoms with Crippen LogP contribution in [0.4, 0.5) is 5.69 Å². The normalized spacial score (nSPS) is 14.1. The van der Waals surface area contributed by atoms with Crippen LogP contribution in [0.25, 0.3) is 0 Å². The molecule has 3 aromatic carbocycles. The number of hydrogen-bond donors (Lipinski definition) is 1. The molecule has 3 aromatic rings. The lowest BCUT2D eigenvalue weighted by atomic mass is 10.1. The molecule has 0 saturated heterocycles. The topological polar surface area (TPSA) is 105 Å². The van der Waals surface area contributed by atoms with E-state index in [1.54, 1.807) is 48.5 Å². The molecule has 1 atom stereocenters. The minimum atomic E-state index is -4.24. The lowest BCUT2D eigenvalue weighted by molar-refractivity contribution is -0.140. The van der Waals surface area contributed by atoms with Crippen LogP contribution in [-0.2, 0) is 26.2 Å². The number of nitrogens with one attached hydrogen (secondary N) is 1. The molecule has 1 fully saturated rings. The van der Waals surface area contributed by atoms with Crippen LogP contribution in [0.2, 0.25) is 10.0 Å². The van der Waals surface area contributed by atoms with Crippen molar-refractivity contribution < 1.29 is 27.5 Å². The maximum absolute atomic E-state index is 14.3. The predicted octanol–water partition coefficient (Wildman–Crippen LogP) is 6.07. The Morgan fingerprint density at radius 2 is 1.64 bits per heavy atom. The Balaban J connectivity index is 1.76. The van der Waals surface area contributed by atoms with Gasteiger partial charge in [0.15, 0.2) is 11.5 Å². The number of nitrogens with zero attached hydrogens (tertiary/aromatic N) is 2. The van der Waals surface area contributed by atoms with E-state index in [9.17, 15) is 18.0 Å². The lowest BCUT2D eigenvalue weighted by Gasteiger charge is -2.34. The maximum Gasteiger partial charge on any atom is 0.264 e. The summed E-state index contributed by atoms with van der Waals surface area (Å²) in [5.74, 6) is -0.189. The molecule has 1 saturated carbocycles. The standard InChI is InChI=1S/C32H37Cl2N3O6S/c1-4-28(32(39)35-24-10-8-9-11-24)36(20-22-14-15-23(33)18-27(22)34)31(38)21-37(44(40,41)26-12-6-5-7-13-26)25-16-17-29(42-2)30(19-25)43-3/h5-7,12-19,24,28H,4,8-11,20-21H2,1-3H3,(H,35,39)/t28-/m1/s1. The zero-order valence-electron chi connectivity index (χ0n) is 25.0. The Morgan fingerprint density at radius 1 is 0.955 bits per heavy atom. The number of benzene rings is 3. The Labute approximate surface area is 269 Å². The molecule has 0 radical (unpaired) electrons. The number of ether oxygens (including phenoxy) is 2. The van der Waals surface area contributed by atoms with Crippen LogP contribution >= 0.6 is 23.2 Å². The number of anilines is 1. The zero-order valence-corrected chi connectivity index (χ0v) is 27.3. The highest BCUT2D eigenvalue weighted by Crippen LogP contribution is 2.34. The van der Waals surface area contributed by atoms with E-state index in [-0.39, 0.29) is 34.8 Å². The van der Waals surface area contributed by atoms with Crippen LogP contribution in [0.3, 0.4) is 0 Å². The van der Waals surface area contributed by atoms with Crippen molar-refractivity contribution in [3.8, 4) is 11.5 Å². The van der Waals surface area contributed by atoms with Crippen molar-refractivity contribution >= 4 is 50.7 Å². The fourth-order valence-electron chi connectivity index (χ4n) is 5.35. The number of carbonyl (C=O) groups is 2. The van der Waals surface area contributed by atoms with Crippen LogP contribution in [0.5, 0.6) is 11.5 Å². The van der Waals surface area contributed by atoms with Gasteiger partial charge in [-0.15, -0.1) is 0 Å². The molecular weight excluding hydrogens is 625 g/mol. The quantitative estimate of drug-likeness (QED) is 0.238. The summed E-state index contributed by atoms with van der Waals surface area (Å²) in [5, 5.41) is 3.85. The predicted molar refractivity (Wildman–Crippen MR) is 172 cm³/mol. The fourth-order valence-corrected chi connectivity index (χ4v) is 7.24. The van der Waals surface area contributed by atoms with Crippen molar-refractivity contribution in [3.05, 3.63) is 82.3 Å². The van der Waals surface area contributed by atoms with Gasteiger partial charge in [-0.05, 0) is 61.2 Å². The van der Waals surface area contributed by atoms with Crippen LogP contribution in [0.15, 0.2) is 71.6 Å². The highest BCUT2D eigenvalue weighted by Gasteiger charge is 2.35. The van der Waals surface area contributed by atoms with Gasteiger partial charge in [0.1, 0.15) is 12.6 Å². The third-order valence-corrected chi connectivity index (χ3v) is 10.1. The van der Waals surface area contributed by atoms with Gasteiger partial charge in [0.25, 0.3) is 10.0 Å². The molecule has 1 N–H and O–H groups in total. The number of rotatable bonds is 13. The summed E-state index contributed by atoms with van der Waals surface area (Å²) >= 11 is 12.6. The molecule has 1 aliphatic carbocycles. The van der Waals surface area contributed by atoms with E-state index in [4.69, 9.17) is 32.7 Å². The summed E-state index contributed by atoms with van der Waals surface area (Å²) < 4.78 is 39.9. The van der Waals surface area contributed by atoms with Gasteiger partial charge in [0.2, 0.25) is 11.8 Å². The fraction of sp³-hybridized carbons (Fsp3) is 0.375. The van der Waals surface area contributed by atoms with Gasteiger partial charge in [0, 0.05) is 28.7 Å². The van der Waals surface area contributed by atoms with Crippen molar-refractivity contribution in [2.24, 2.45) is 0 Å². The largest absolute Gasteiger partial charge is 0.493 e. The van der Waals surface area contributed by atoms with Crippen LogP contribution in [0.1, 0.15) is 44.6 Å². The first-order valence-corrected chi connectivity index (χ1v) is 16.6. The second-order valence-corrected chi connectivity index (χ2v) is 13.2. The number of sulfonamides is 1. The first-order valence-electron chi connectivity index (χ1n) is 14.4. The van der Waals surface area contributed by atoms with Gasteiger partial charge in [-0.1, -0.05) is 67.2 Å². The molecule has 0 aromatic heterocycles. The van der Waals surface area contributed by atoms with Gasteiger partial charge >= 0.3 is 0 Å². The third-order valence-electron chi connectivity index (χ3n) is 7.71. The lowest BCUT2D eigenvalue weighted by Crippen LogP contribution is -2.53. The van der Waals surface area contributed by atoms with Gasteiger partial charge < -0.3 is 19.7 Å². The van der Waals surface area contributed by atoms with E-state index in [2.05, 4.69) is 5.32 Å². The van der Waals surface area contributed by atoms with Crippen LogP contribution in [-0.4, -0.2) is 58.0 Å². The number of carbonyl (C=O) groups excluding carboxylic acids is 2. The number of amides is 2. The first-order chi connectivity index (χ1) is 21.1. The molecule has 2 amide bonds. The molecule has 0 unspecified atom stereocenters. The maximum atomic E-state index is 14.3.